The summed E-state index contributed by atoms with van der Waals surface area (Å²) in [6, 6.07) is 6.15. The second-order valence-corrected chi connectivity index (χ2v) is 18.4. The normalized spacial score (nSPS) is 19.6. The fourth-order valence-corrected chi connectivity index (χ4v) is 9.38. The van der Waals surface area contributed by atoms with Gasteiger partial charge in [0.05, 0.1) is 49.8 Å². The Bertz CT molecular complexity index is 1660. The highest BCUT2D eigenvalue weighted by Gasteiger charge is 2.44. The number of piperazine rings is 1. The third-order valence-corrected chi connectivity index (χ3v) is 13.4. The van der Waals surface area contributed by atoms with Crippen molar-refractivity contribution >= 4 is 35.7 Å². The highest BCUT2D eigenvalue weighted by molar-refractivity contribution is 5.90. The Morgan fingerprint density at radius 2 is 1.48 bits per heavy atom. The van der Waals surface area contributed by atoms with Crippen molar-refractivity contribution in [3.8, 4) is 0 Å². The van der Waals surface area contributed by atoms with Crippen LogP contribution in [0.5, 0.6) is 0 Å². The number of rotatable bonds is 24. The molecule has 1 aromatic carbocycles. The van der Waals surface area contributed by atoms with Crippen LogP contribution in [-0.2, 0) is 44.6 Å². The molecule has 64 heavy (non-hydrogen) atoms. The maximum Gasteiger partial charge on any atom is 0.407 e. The van der Waals surface area contributed by atoms with Gasteiger partial charge in [-0.2, -0.15) is 0 Å². The maximum atomic E-state index is 14.6. The zero-order valence-corrected chi connectivity index (χ0v) is 40.6. The summed E-state index contributed by atoms with van der Waals surface area (Å²) >= 11 is 0. The van der Waals surface area contributed by atoms with E-state index < -0.39 is 66.3 Å². The second-order valence-electron chi connectivity index (χ2n) is 18.4. The summed E-state index contributed by atoms with van der Waals surface area (Å²) in [7, 11) is 7.96. The molecule has 2 saturated heterocycles. The van der Waals surface area contributed by atoms with Gasteiger partial charge >= 0.3 is 12.1 Å². The fourth-order valence-electron chi connectivity index (χ4n) is 9.38. The number of esters is 1. The lowest BCUT2D eigenvalue weighted by Gasteiger charge is -2.41. The van der Waals surface area contributed by atoms with Crippen LogP contribution in [0, 0.1) is 23.7 Å². The van der Waals surface area contributed by atoms with E-state index in [0.717, 1.165) is 5.56 Å². The molecular weight excluding hydrogens is 823 g/mol. The number of benzene rings is 1. The molecule has 0 aromatic heterocycles. The lowest BCUT2D eigenvalue weighted by Crippen LogP contribution is -2.60. The van der Waals surface area contributed by atoms with Gasteiger partial charge in [-0.1, -0.05) is 85.2 Å². The Hall–Kier alpha value is -4.32. The lowest BCUT2D eigenvalue weighted by molar-refractivity contribution is -0.149. The van der Waals surface area contributed by atoms with Crippen molar-refractivity contribution < 1.29 is 48.1 Å². The van der Waals surface area contributed by atoms with Crippen molar-refractivity contribution in [1.82, 2.24) is 35.1 Å². The van der Waals surface area contributed by atoms with Crippen LogP contribution in [-0.4, -0.2) is 189 Å². The van der Waals surface area contributed by atoms with Crippen LogP contribution in [0.2, 0.25) is 0 Å². The number of amides is 5. The molecule has 17 nitrogen and oxygen atoms in total. The Kier molecular flexibility index (Phi) is 21.9. The standard InChI is InChI=1S/C47H79N7O10/c1-13-32(6)41(51(9)45(58)39(30(2)3)49-44(57)40(31(4)5)50(8)22-23-52-24-26-53(27-25-52)47(60)61)37(62-10)29-38(55)54-21-17-20-36(54)42(63-11)33(7)43(56)48-35(46(59)64-12)28-34-18-15-14-16-19-34/h14-16,18-19,30-33,35-37,39-42H,13,17,20-29H2,1-12H3,(H,48,56)(H,49,57)(H,60,61)/t32?,33?,35?,36-,37?,39?,40?,41?,42?/m0/s1. The monoisotopic (exact) mass is 902 g/mol. The molecule has 3 rings (SSSR count). The summed E-state index contributed by atoms with van der Waals surface area (Å²) in [5.41, 5.74) is 0.865. The first-order valence-electron chi connectivity index (χ1n) is 23.1. The lowest BCUT2D eigenvalue weighted by atomic mass is 9.89. The number of likely N-dealkylation sites (tertiary alicyclic amines) is 1. The molecule has 1 aromatic rings. The molecular formula is C47H79N7O10. The summed E-state index contributed by atoms with van der Waals surface area (Å²) < 4.78 is 17.0. The molecule has 8 unspecified atom stereocenters. The molecule has 2 aliphatic rings. The largest absolute Gasteiger partial charge is 0.467 e. The summed E-state index contributed by atoms with van der Waals surface area (Å²) in [5, 5.41) is 15.3. The first-order chi connectivity index (χ1) is 30.3. The maximum absolute atomic E-state index is 14.6. The molecule has 2 heterocycles. The number of carbonyl (C=O) groups excluding carboxylic acids is 5. The molecule has 0 aliphatic carbocycles. The van der Waals surface area contributed by atoms with Crippen molar-refractivity contribution in [3.63, 3.8) is 0 Å². The molecule has 0 radical (unpaired) electrons. The van der Waals surface area contributed by atoms with Crippen molar-refractivity contribution in [2.24, 2.45) is 23.7 Å². The number of ether oxygens (including phenoxy) is 3. The van der Waals surface area contributed by atoms with E-state index in [-0.39, 0.29) is 48.3 Å². The molecule has 0 spiro atoms. The van der Waals surface area contributed by atoms with Crippen LogP contribution in [0.15, 0.2) is 30.3 Å². The van der Waals surface area contributed by atoms with Crippen LogP contribution >= 0.6 is 0 Å². The number of hydrogen-bond acceptors (Lipinski definition) is 11. The van der Waals surface area contributed by atoms with Crippen LogP contribution < -0.4 is 10.6 Å². The minimum atomic E-state index is -0.912. The van der Waals surface area contributed by atoms with Crippen molar-refractivity contribution in [3.05, 3.63) is 35.9 Å². The zero-order chi connectivity index (χ0) is 47.8. The van der Waals surface area contributed by atoms with Gasteiger partial charge in [-0.15, -0.1) is 0 Å². The second kappa shape index (κ2) is 26.0. The fraction of sp³-hybridized carbons (Fsp3) is 0.745. The van der Waals surface area contributed by atoms with Gasteiger partial charge in [-0.05, 0) is 43.2 Å². The van der Waals surface area contributed by atoms with Crippen LogP contribution in [0.25, 0.3) is 0 Å². The Labute approximate surface area is 381 Å². The Balaban J connectivity index is 1.74. The van der Waals surface area contributed by atoms with Gasteiger partial charge in [-0.25, -0.2) is 9.59 Å². The van der Waals surface area contributed by atoms with E-state index in [0.29, 0.717) is 65.1 Å². The summed E-state index contributed by atoms with van der Waals surface area (Å²) in [6.07, 6.45) is -0.0228. The SMILES string of the molecule is CCC(C)C(C(CC(=O)N1CCC[C@H]1C(OC)C(C)C(=O)NC(Cc1ccccc1)C(=O)OC)OC)N(C)C(=O)C(NC(=O)C(C(C)C)N(C)CCN1CCN(C(=O)O)CC1)C(C)C. The van der Waals surface area contributed by atoms with E-state index in [4.69, 9.17) is 14.2 Å². The summed E-state index contributed by atoms with van der Waals surface area (Å²) in [4.78, 5) is 89.9. The number of likely N-dealkylation sites (N-methyl/N-ethyl adjacent to an activating group) is 2. The average Bonchev–Trinajstić information content (AvgIpc) is 3.76. The third-order valence-electron chi connectivity index (χ3n) is 13.4. The highest BCUT2D eigenvalue weighted by atomic mass is 16.5. The number of carbonyl (C=O) groups is 6. The molecule has 2 fully saturated rings. The minimum Gasteiger partial charge on any atom is -0.467 e. The van der Waals surface area contributed by atoms with Gasteiger partial charge in [0.25, 0.3) is 0 Å². The van der Waals surface area contributed by atoms with Gasteiger partial charge < -0.3 is 44.7 Å². The molecule has 5 amide bonds. The van der Waals surface area contributed by atoms with E-state index in [2.05, 4.69) is 15.5 Å². The van der Waals surface area contributed by atoms with E-state index in [1.54, 1.807) is 30.9 Å². The van der Waals surface area contributed by atoms with Crippen molar-refractivity contribution in [2.45, 2.75) is 123 Å². The first-order valence-corrected chi connectivity index (χ1v) is 23.1. The van der Waals surface area contributed by atoms with Gasteiger partial charge in [0.2, 0.25) is 23.6 Å². The average molecular weight is 902 g/mol. The Morgan fingerprint density at radius 1 is 0.844 bits per heavy atom. The van der Waals surface area contributed by atoms with Crippen LogP contribution in [0.1, 0.15) is 79.7 Å². The molecule has 0 bridgehead atoms. The first kappa shape index (κ1) is 54.0. The van der Waals surface area contributed by atoms with Crippen LogP contribution in [0.3, 0.4) is 0 Å². The Morgan fingerprint density at radius 3 is 2.02 bits per heavy atom. The van der Waals surface area contributed by atoms with E-state index in [1.165, 1.54) is 19.1 Å². The quantitative estimate of drug-likeness (QED) is 0.129. The number of nitrogens with one attached hydrogen (secondary N) is 2. The smallest absolute Gasteiger partial charge is 0.407 e. The van der Waals surface area contributed by atoms with Crippen LogP contribution in [0.4, 0.5) is 4.79 Å². The predicted octanol–water partition coefficient (Wildman–Crippen LogP) is 3.20. The predicted molar refractivity (Wildman–Crippen MR) is 244 cm³/mol. The molecule has 3 N–H and O–H groups in total. The summed E-state index contributed by atoms with van der Waals surface area (Å²) in [5.74, 6) is -2.78. The van der Waals surface area contributed by atoms with Gasteiger partial charge in [-0.3, -0.25) is 29.0 Å². The molecule has 9 atom stereocenters. The van der Waals surface area contributed by atoms with Gasteiger partial charge in [0, 0.05) is 73.5 Å². The van der Waals surface area contributed by atoms with Crippen molar-refractivity contribution in [1.29, 1.82) is 0 Å². The summed E-state index contributed by atoms with van der Waals surface area (Å²) in [6.45, 7) is 17.4. The number of nitrogens with zero attached hydrogens (tertiary/aromatic N) is 5. The molecule has 362 valence electrons. The van der Waals surface area contributed by atoms with Gasteiger partial charge in [0.1, 0.15) is 12.1 Å². The zero-order valence-electron chi connectivity index (χ0n) is 40.6. The van der Waals surface area contributed by atoms with E-state index in [1.807, 2.05) is 83.8 Å². The molecule has 0 saturated carbocycles. The van der Waals surface area contributed by atoms with E-state index >= 15 is 0 Å². The van der Waals surface area contributed by atoms with Crippen molar-refractivity contribution in [2.75, 3.05) is 81.2 Å². The highest BCUT2D eigenvalue weighted by Crippen LogP contribution is 2.30. The minimum absolute atomic E-state index is 0.0254. The number of methoxy groups -OCH3 is 3. The number of hydrogen-bond donors (Lipinski definition) is 3. The third kappa shape index (κ3) is 14.6. The van der Waals surface area contributed by atoms with Gasteiger partial charge in [0.15, 0.2) is 0 Å². The number of carboxylic acid groups (broad SMARTS) is 1. The topological polar surface area (TPSA) is 191 Å². The molecule has 17 heteroatoms. The van der Waals surface area contributed by atoms with E-state index in [9.17, 15) is 33.9 Å². The molecule has 2 aliphatic heterocycles.